The number of nitrogens with one attached hydrogen (secondary N) is 1. The second-order valence-electron chi connectivity index (χ2n) is 7.21. The quantitative estimate of drug-likeness (QED) is 0.541. The van der Waals surface area contributed by atoms with Crippen molar-refractivity contribution in [1.29, 1.82) is 0 Å². The van der Waals surface area contributed by atoms with E-state index in [-0.39, 0.29) is 17.6 Å². The van der Waals surface area contributed by atoms with Crippen LogP contribution in [0.5, 0.6) is 0 Å². The number of halogens is 2. The van der Waals surface area contributed by atoms with Crippen molar-refractivity contribution in [3.63, 3.8) is 0 Å². The third-order valence-corrected chi connectivity index (χ3v) is 5.58. The molecular weight excluding hydrogens is 411 g/mol. The van der Waals surface area contributed by atoms with Gasteiger partial charge in [0, 0.05) is 31.9 Å². The summed E-state index contributed by atoms with van der Waals surface area (Å²) in [5.41, 5.74) is 3.03. The summed E-state index contributed by atoms with van der Waals surface area (Å²) in [5.74, 6) is -0.312. The Labute approximate surface area is 175 Å². The van der Waals surface area contributed by atoms with Gasteiger partial charge in [0.2, 0.25) is 5.82 Å². The van der Waals surface area contributed by atoms with Gasteiger partial charge in [-0.25, -0.2) is 23.6 Å². The van der Waals surface area contributed by atoms with Gasteiger partial charge in [-0.05, 0) is 25.1 Å². The van der Waals surface area contributed by atoms with E-state index in [2.05, 4.69) is 25.1 Å². The van der Waals surface area contributed by atoms with Crippen LogP contribution in [0, 0.1) is 0 Å². The molecule has 4 aromatic rings. The summed E-state index contributed by atoms with van der Waals surface area (Å²) in [6, 6.07) is 4.90. The van der Waals surface area contributed by atoms with Gasteiger partial charge in [-0.3, -0.25) is 4.79 Å². The zero-order valence-electron chi connectivity index (χ0n) is 16.3. The first-order chi connectivity index (χ1) is 14.4. The molecule has 5 heterocycles. The van der Waals surface area contributed by atoms with Crippen LogP contribution >= 0.6 is 11.6 Å². The molecule has 0 bridgehead atoms. The molecular formula is C19H18ClFN8O. The predicted molar refractivity (Wildman–Crippen MR) is 106 cm³/mol. The summed E-state index contributed by atoms with van der Waals surface area (Å²) in [5, 5.41) is 9.23. The van der Waals surface area contributed by atoms with Crippen molar-refractivity contribution in [1.82, 2.24) is 39.2 Å². The lowest BCUT2D eigenvalue weighted by Gasteiger charge is -2.33. The Morgan fingerprint density at radius 1 is 1.40 bits per heavy atom. The summed E-state index contributed by atoms with van der Waals surface area (Å²) in [4.78, 5) is 26.8. The Hall–Kier alpha value is -3.27. The van der Waals surface area contributed by atoms with Gasteiger partial charge in [0.05, 0.1) is 28.3 Å². The number of fused-ring (bicyclic) bond motifs is 2. The molecule has 4 aromatic heterocycles. The van der Waals surface area contributed by atoms with Gasteiger partial charge >= 0.3 is 0 Å². The fraction of sp³-hybridized carbons (Fsp3) is 0.316. The molecule has 0 aliphatic carbocycles. The molecule has 1 aliphatic rings. The number of hydrogen-bond acceptors (Lipinski definition) is 5. The summed E-state index contributed by atoms with van der Waals surface area (Å²) in [6.07, 6.45) is 2.64. The number of amides is 1. The van der Waals surface area contributed by atoms with Gasteiger partial charge in [0.1, 0.15) is 6.04 Å². The Morgan fingerprint density at radius 3 is 2.97 bits per heavy atom. The first-order valence-corrected chi connectivity index (χ1v) is 9.83. The van der Waals surface area contributed by atoms with Crippen LogP contribution in [0.2, 0.25) is 5.02 Å². The van der Waals surface area contributed by atoms with Crippen molar-refractivity contribution < 1.29 is 9.18 Å². The number of H-pyrrole nitrogens is 1. The number of pyridine rings is 1. The van der Waals surface area contributed by atoms with Crippen molar-refractivity contribution in [3.8, 4) is 0 Å². The zero-order chi connectivity index (χ0) is 21.0. The van der Waals surface area contributed by atoms with Crippen molar-refractivity contribution in [3.05, 3.63) is 64.5 Å². The maximum Gasteiger partial charge on any atom is 0.292 e. The molecule has 0 radical (unpaired) electrons. The minimum atomic E-state index is -1.37. The topological polar surface area (TPSA) is 97.0 Å². The van der Waals surface area contributed by atoms with Crippen LogP contribution < -0.4 is 0 Å². The monoisotopic (exact) mass is 428 g/mol. The van der Waals surface area contributed by atoms with E-state index in [9.17, 15) is 9.18 Å². The molecule has 1 aliphatic heterocycles. The number of rotatable bonds is 3. The standard InChI is InChI=1S/C19H18ClFN8O/c1-10(21)17-24-18(27(2)26-17)19(30)28-7-5-12-15(23-9-22-12)16(28)13-8-14-11(20)4-3-6-29(14)25-13/h3-4,6,8-10,16H,5,7H2,1-2H3,(H,22,23)/t10?,16-/m0/s1. The number of hydrogen-bond donors (Lipinski definition) is 1. The van der Waals surface area contributed by atoms with Crippen molar-refractivity contribution in [2.45, 2.75) is 25.6 Å². The van der Waals surface area contributed by atoms with Crippen LogP contribution in [0.15, 0.2) is 30.7 Å². The van der Waals surface area contributed by atoms with E-state index < -0.39 is 12.2 Å². The van der Waals surface area contributed by atoms with Gasteiger partial charge in [0.15, 0.2) is 12.0 Å². The van der Waals surface area contributed by atoms with Gasteiger partial charge in [-0.2, -0.15) is 10.2 Å². The number of nitrogens with zero attached hydrogens (tertiary/aromatic N) is 7. The lowest BCUT2D eigenvalue weighted by molar-refractivity contribution is 0.0669. The first kappa shape index (κ1) is 18.7. The zero-order valence-corrected chi connectivity index (χ0v) is 17.0. The number of carbonyl (C=O) groups excluding carboxylic acids is 1. The highest BCUT2D eigenvalue weighted by atomic mass is 35.5. The SMILES string of the molecule is CC(F)c1nc(C(=O)N2CCc3[nH]cnc3[C@@H]2c2cc3c(Cl)cccn3n2)n(C)n1. The molecule has 1 N–H and O–H groups in total. The van der Waals surface area contributed by atoms with E-state index >= 15 is 0 Å². The lowest BCUT2D eigenvalue weighted by atomic mass is 9.99. The Kier molecular flexibility index (Phi) is 4.31. The van der Waals surface area contributed by atoms with Gasteiger partial charge in [-0.15, -0.1) is 0 Å². The average Bonchev–Trinajstić information content (AvgIpc) is 3.44. The minimum Gasteiger partial charge on any atom is -0.348 e. The number of aryl methyl sites for hydroxylation is 1. The van der Waals surface area contributed by atoms with Crippen LogP contribution in [-0.4, -0.2) is 51.7 Å². The highest BCUT2D eigenvalue weighted by Crippen LogP contribution is 2.35. The number of aromatic nitrogens is 7. The maximum absolute atomic E-state index is 13.7. The Balaban J connectivity index is 1.62. The number of imidazole rings is 1. The number of alkyl halides is 1. The van der Waals surface area contributed by atoms with E-state index in [0.29, 0.717) is 23.7 Å². The fourth-order valence-electron chi connectivity index (χ4n) is 3.82. The third kappa shape index (κ3) is 2.86. The summed E-state index contributed by atoms with van der Waals surface area (Å²) < 4.78 is 16.7. The van der Waals surface area contributed by atoms with Gasteiger partial charge in [-0.1, -0.05) is 11.6 Å². The van der Waals surface area contributed by atoms with E-state index in [1.54, 1.807) is 41.1 Å². The van der Waals surface area contributed by atoms with Crippen molar-refractivity contribution in [2.24, 2.45) is 7.05 Å². The van der Waals surface area contributed by atoms with Crippen LogP contribution in [0.1, 0.15) is 52.7 Å². The fourth-order valence-corrected chi connectivity index (χ4v) is 4.03. The number of aromatic amines is 1. The molecule has 0 spiro atoms. The van der Waals surface area contributed by atoms with Crippen LogP contribution in [0.3, 0.4) is 0 Å². The predicted octanol–water partition coefficient (Wildman–Crippen LogP) is 2.66. The summed E-state index contributed by atoms with van der Waals surface area (Å²) in [7, 11) is 1.58. The van der Waals surface area contributed by atoms with E-state index in [1.807, 2.05) is 6.07 Å². The molecule has 9 nitrogen and oxygen atoms in total. The molecule has 11 heteroatoms. The molecule has 1 unspecified atom stereocenters. The Morgan fingerprint density at radius 2 is 2.23 bits per heavy atom. The smallest absolute Gasteiger partial charge is 0.292 e. The van der Waals surface area contributed by atoms with E-state index in [1.165, 1.54) is 11.6 Å². The van der Waals surface area contributed by atoms with E-state index in [4.69, 9.17) is 11.6 Å². The highest BCUT2D eigenvalue weighted by Gasteiger charge is 2.38. The van der Waals surface area contributed by atoms with Crippen LogP contribution in [-0.2, 0) is 13.5 Å². The van der Waals surface area contributed by atoms with E-state index in [0.717, 1.165) is 16.9 Å². The van der Waals surface area contributed by atoms with Crippen molar-refractivity contribution >= 4 is 23.0 Å². The van der Waals surface area contributed by atoms with Crippen LogP contribution in [0.4, 0.5) is 4.39 Å². The molecule has 0 fully saturated rings. The minimum absolute atomic E-state index is 0.0191. The Bertz CT molecular complexity index is 1260. The molecule has 0 saturated carbocycles. The van der Waals surface area contributed by atoms with Gasteiger partial charge in [0.25, 0.3) is 5.91 Å². The molecule has 0 saturated heterocycles. The van der Waals surface area contributed by atoms with Crippen LogP contribution in [0.25, 0.3) is 5.52 Å². The third-order valence-electron chi connectivity index (χ3n) is 5.26. The molecule has 2 atom stereocenters. The first-order valence-electron chi connectivity index (χ1n) is 9.46. The molecule has 0 aromatic carbocycles. The highest BCUT2D eigenvalue weighted by molar-refractivity contribution is 6.33. The van der Waals surface area contributed by atoms with Gasteiger partial charge < -0.3 is 9.88 Å². The summed E-state index contributed by atoms with van der Waals surface area (Å²) >= 11 is 6.32. The normalized spacial score (nSPS) is 17.3. The van der Waals surface area contributed by atoms with Crippen molar-refractivity contribution in [2.75, 3.05) is 6.54 Å². The second kappa shape index (κ2) is 6.91. The molecule has 30 heavy (non-hydrogen) atoms. The molecule has 154 valence electrons. The lowest BCUT2D eigenvalue weighted by Crippen LogP contribution is -2.42. The molecule has 5 rings (SSSR count). The maximum atomic E-state index is 13.7. The average molecular weight is 429 g/mol. The molecule has 1 amide bonds. The number of carbonyl (C=O) groups is 1. The second-order valence-corrected chi connectivity index (χ2v) is 7.61. The summed E-state index contributed by atoms with van der Waals surface area (Å²) in [6.45, 7) is 1.76. The largest absolute Gasteiger partial charge is 0.348 e.